The average Bonchev–Trinajstić information content (AvgIpc) is 2.48. The number of rotatable bonds is 5. The molecular weight excluding hydrogens is 200 g/mol. The smallest absolute Gasteiger partial charge is 0.303 e. The summed E-state index contributed by atoms with van der Waals surface area (Å²) < 4.78 is 0. The van der Waals surface area contributed by atoms with Crippen LogP contribution in [-0.2, 0) is 11.2 Å². The first-order valence-electron chi connectivity index (χ1n) is 4.46. The Morgan fingerprint density at radius 3 is 3.00 bits per heavy atom. The van der Waals surface area contributed by atoms with Gasteiger partial charge < -0.3 is 10.8 Å². The SMILES string of the molecule is Cc1csc(CC(N)CCC(=O)O)n1. The summed E-state index contributed by atoms with van der Waals surface area (Å²) in [5, 5.41) is 11.4. The molecule has 0 aliphatic rings. The molecule has 0 saturated heterocycles. The Labute approximate surface area is 86.8 Å². The minimum absolute atomic E-state index is 0.100. The van der Waals surface area contributed by atoms with E-state index in [1.54, 1.807) is 11.3 Å². The van der Waals surface area contributed by atoms with Crippen molar-refractivity contribution < 1.29 is 9.90 Å². The maximum Gasteiger partial charge on any atom is 0.303 e. The second kappa shape index (κ2) is 5.07. The van der Waals surface area contributed by atoms with Gasteiger partial charge in [-0.15, -0.1) is 11.3 Å². The summed E-state index contributed by atoms with van der Waals surface area (Å²) in [6.45, 7) is 1.93. The van der Waals surface area contributed by atoms with Gasteiger partial charge in [0.15, 0.2) is 0 Å². The molecule has 0 bridgehead atoms. The Bertz CT molecular complexity index is 312. The van der Waals surface area contributed by atoms with Crippen LogP contribution in [0.2, 0.25) is 0 Å². The van der Waals surface area contributed by atoms with E-state index in [1.165, 1.54) is 0 Å². The molecule has 0 aliphatic heterocycles. The zero-order chi connectivity index (χ0) is 10.6. The van der Waals surface area contributed by atoms with E-state index in [0.29, 0.717) is 12.8 Å². The van der Waals surface area contributed by atoms with Gasteiger partial charge >= 0.3 is 5.97 Å². The number of nitrogens with two attached hydrogens (primary N) is 1. The lowest BCUT2D eigenvalue weighted by Crippen LogP contribution is -2.23. The molecule has 1 heterocycles. The highest BCUT2D eigenvalue weighted by molar-refractivity contribution is 7.09. The van der Waals surface area contributed by atoms with Crippen LogP contribution < -0.4 is 5.73 Å². The molecule has 0 fully saturated rings. The third kappa shape index (κ3) is 3.85. The van der Waals surface area contributed by atoms with E-state index in [-0.39, 0.29) is 12.5 Å². The molecule has 4 nitrogen and oxygen atoms in total. The van der Waals surface area contributed by atoms with E-state index < -0.39 is 5.97 Å². The van der Waals surface area contributed by atoms with Gasteiger partial charge in [-0.1, -0.05) is 0 Å². The molecule has 3 N–H and O–H groups in total. The fourth-order valence-corrected chi connectivity index (χ4v) is 2.00. The summed E-state index contributed by atoms with van der Waals surface area (Å²) in [6, 6.07) is -0.100. The number of carboxylic acids is 1. The fraction of sp³-hybridized carbons (Fsp3) is 0.556. The predicted octanol–water partition coefficient (Wildman–Crippen LogP) is 1.19. The van der Waals surface area contributed by atoms with Gasteiger partial charge in [0.1, 0.15) is 0 Å². The topological polar surface area (TPSA) is 76.2 Å². The van der Waals surface area contributed by atoms with Crippen LogP contribution >= 0.6 is 11.3 Å². The lowest BCUT2D eigenvalue weighted by atomic mass is 10.1. The molecule has 1 unspecified atom stereocenters. The lowest BCUT2D eigenvalue weighted by molar-refractivity contribution is -0.137. The molecule has 1 rings (SSSR count). The molecule has 1 aromatic rings. The Balaban J connectivity index is 2.33. The van der Waals surface area contributed by atoms with Crippen LogP contribution in [0.1, 0.15) is 23.5 Å². The zero-order valence-electron chi connectivity index (χ0n) is 8.06. The molecule has 0 amide bonds. The standard InChI is InChI=1S/C9H14N2O2S/c1-6-5-14-8(11-6)4-7(10)2-3-9(12)13/h5,7H,2-4,10H2,1H3,(H,12,13). The van der Waals surface area contributed by atoms with Crippen molar-refractivity contribution in [3.63, 3.8) is 0 Å². The lowest BCUT2D eigenvalue weighted by Gasteiger charge is -2.06. The monoisotopic (exact) mass is 214 g/mol. The van der Waals surface area contributed by atoms with E-state index in [1.807, 2.05) is 12.3 Å². The molecule has 1 atom stereocenters. The number of carboxylic acid groups (broad SMARTS) is 1. The van der Waals surface area contributed by atoms with Crippen molar-refractivity contribution >= 4 is 17.3 Å². The van der Waals surface area contributed by atoms with Gasteiger partial charge in [-0.2, -0.15) is 0 Å². The average molecular weight is 214 g/mol. The largest absolute Gasteiger partial charge is 0.481 e. The van der Waals surface area contributed by atoms with Crippen LogP contribution in [-0.4, -0.2) is 22.1 Å². The maximum absolute atomic E-state index is 10.3. The van der Waals surface area contributed by atoms with Crippen molar-refractivity contribution in [3.8, 4) is 0 Å². The van der Waals surface area contributed by atoms with Crippen molar-refractivity contribution in [1.29, 1.82) is 0 Å². The molecule has 0 saturated carbocycles. The summed E-state index contributed by atoms with van der Waals surface area (Å²) in [7, 11) is 0. The van der Waals surface area contributed by atoms with E-state index >= 15 is 0 Å². The summed E-state index contributed by atoms with van der Waals surface area (Å²) in [4.78, 5) is 14.6. The fourth-order valence-electron chi connectivity index (χ4n) is 1.13. The summed E-state index contributed by atoms with van der Waals surface area (Å²) in [5.74, 6) is -0.796. The predicted molar refractivity (Wildman–Crippen MR) is 55.4 cm³/mol. The second-order valence-electron chi connectivity index (χ2n) is 3.28. The van der Waals surface area contributed by atoms with Crippen molar-refractivity contribution in [1.82, 2.24) is 4.98 Å². The third-order valence-electron chi connectivity index (χ3n) is 1.83. The molecule has 0 aliphatic carbocycles. The molecule has 78 valence electrons. The number of hydrogen-bond donors (Lipinski definition) is 2. The highest BCUT2D eigenvalue weighted by Crippen LogP contribution is 2.11. The number of hydrogen-bond acceptors (Lipinski definition) is 4. The van der Waals surface area contributed by atoms with Gasteiger partial charge in [-0.05, 0) is 13.3 Å². The molecule has 14 heavy (non-hydrogen) atoms. The van der Waals surface area contributed by atoms with Gasteiger partial charge in [0, 0.05) is 30.0 Å². The van der Waals surface area contributed by atoms with E-state index in [0.717, 1.165) is 10.7 Å². The number of aromatic nitrogens is 1. The number of nitrogens with zero attached hydrogens (tertiary/aromatic N) is 1. The Hall–Kier alpha value is -0.940. The summed E-state index contributed by atoms with van der Waals surface area (Å²) in [5.41, 5.74) is 6.76. The van der Waals surface area contributed by atoms with Crippen molar-refractivity contribution in [3.05, 3.63) is 16.1 Å². The minimum atomic E-state index is -0.796. The molecule has 0 aromatic carbocycles. The minimum Gasteiger partial charge on any atom is -0.481 e. The normalized spacial score (nSPS) is 12.7. The van der Waals surface area contributed by atoms with Crippen molar-refractivity contribution in [2.45, 2.75) is 32.2 Å². The Morgan fingerprint density at radius 2 is 2.50 bits per heavy atom. The first kappa shape index (κ1) is 11.1. The van der Waals surface area contributed by atoms with Gasteiger partial charge in [-0.25, -0.2) is 4.98 Å². The summed E-state index contributed by atoms with van der Waals surface area (Å²) >= 11 is 1.57. The second-order valence-corrected chi connectivity index (χ2v) is 4.22. The Kier molecular flexibility index (Phi) is 4.03. The highest BCUT2D eigenvalue weighted by Gasteiger charge is 2.08. The van der Waals surface area contributed by atoms with E-state index in [4.69, 9.17) is 10.8 Å². The Morgan fingerprint density at radius 1 is 1.79 bits per heavy atom. The van der Waals surface area contributed by atoms with Crippen molar-refractivity contribution in [2.24, 2.45) is 5.73 Å². The van der Waals surface area contributed by atoms with Crippen LogP contribution in [0.5, 0.6) is 0 Å². The molecule has 0 radical (unpaired) electrons. The van der Waals surface area contributed by atoms with Crippen LogP contribution in [0.3, 0.4) is 0 Å². The third-order valence-corrected chi connectivity index (χ3v) is 2.82. The first-order chi connectivity index (χ1) is 6.58. The van der Waals surface area contributed by atoms with Gasteiger partial charge in [0.25, 0.3) is 0 Å². The highest BCUT2D eigenvalue weighted by atomic mass is 32.1. The first-order valence-corrected chi connectivity index (χ1v) is 5.34. The molecule has 5 heteroatoms. The quantitative estimate of drug-likeness (QED) is 0.771. The van der Waals surface area contributed by atoms with Crippen LogP contribution in [0.25, 0.3) is 0 Å². The van der Waals surface area contributed by atoms with Crippen LogP contribution in [0.15, 0.2) is 5.38 Å². The summed E-state index contributed by atoms with van der Waals surface area (Å²) in [6.07, 6.45) is 1.31. The van der Waals surface area contributed by atoms with Crippen LogP contribution in [0.4, 0.5) is 0 Å². The van der Waals surface area contributed by atoms with E-state index in [9.17, 15) is 4.79 Å². The van der Waals surface area contributed by atoms with E-state index in [2.05, 4.69) is 4.98 Å². The van der Waals surface area contributed by atoms with Crippen LogP contribution in [0, 0.1) is 6.92 Å². The number of aliphatic carboxylic acids is 1. The molecule has 1 aromatic heterocycles. The van der Waals surface area contributed by atoms with Crippen molar-refractivity contribution in [2.75, 3.05) is 0 Å². The van der Waals surface area contributed by atoms with Gasteiger partial charge in [-0.3, -0.25) is 4.79 Å². The molecular formula is C9H14N2O2S. The maximum atomic E-state index is 10.3. The number of thiazole rings is 1. The zero-order valence-corrected chi connectivity index (χ0v) is 8.88. The number of carbonyl (C=O) groups is 1. The number of aryl methyl sites for hydroxylation is 1. The molecule has 0 spiro atoms. The van der Waals surface area contributed by atoms with Gasteiger partial charge in [0.2, 0.25) is 0 Å². The van der Waals surface area contributed by atoms with Gasteiger partial charge in [0.05, 0.1) is 5.01 Å².